The molecule has 9 heteroatoms. The van der Waals surface area contributed by atoms with Gasteiger partial charge in [-0.1, -0.05) is 0 Å². The van der Waals surface area contributed by atoms with Crippen molar-refractivity contribution >= 4 is 33.2 Å². The fourth-order valence-corrected chi connectivity index (χ4v) is 2.44. The Balaban J connectivity index is 2.66. The van der Waals surface area contributed by atoms with Gasteiger partial charge in [-0.3, -0.25) is 14.2 Å². The SMILES string of the molecule is CNC(=O)Cn1cc(NS(=O)(=O)CCCl)cn1. The first-order valence-corrected chi connectivity index (χ1v) is 6.95. The Morgan fingerprint density at radius 1 is 1.59 bits per heavy atom. The van der Waals surface area contributed by atoms with Gasteiger partial charge < -0.3 is 5.32 Å². The second kappa shape index (κ2) is 5.87. The van der Waals surface area contributed by atoms with Gasteiger partial charge in [-0.05, 0) is 0 Å². The van der Waals surface area contributed by atoms with E-state index in [9.17, 15) is 13.2 Å². The zero-order valence-corrected chi connectivity index (χ0v) is 10.8. The number of hydrogen-bond donors (Lipinski definition) is 2. The molecule has 0 radical (unpaired) electrons. The van der Waals surface area contributed by atoms with Gasteiger partial charge in [0.15, 0.2) is 0 Å². The van der Waals surface area contributed by atoms with Crippen molar-refractivity contribution in [2.75, 3.05) is 23.4 Å². The van der Waals surface area contributed by atoms with Crippen LogP contribution in [0.5, 0.6) is 0 Å². The largest absolute Gasteiger partial charge is 0.358 e. The summed E-state index contributed by atoms with van der Waals surface area (Å²) in [6.45, 7) is 0.0355. The highest BCUT2D eigenvalue weighted by Gasteiger charge is 2.11. The van der Waals surface area contributed by atoms with Crippen LogP contribution in [0.3, 0.4) is 0 Å². The lowest BCUT2D eigenvalue weighted by molar-refractivity contribution is -0.121. The van der Waals surface area contributed by atoms with Crippen molar-refractivity contribution in [3.05, 3.63) is 12.4 Å². The molecule has 0 spiro atoms. The molecule has 17 heavy (non-hydrogen) atoms. The maximum Gasteiger partial charge on any atom is 0.241 e. The molecule has 96 valence electrons. The van der Waals surface area contributed by atoms with Gasteiger partial charge in [0.05, 0.1) is 17.6 Å². The third-order valence-electron chi connectivity index (χ3n) is 1.84. The Labute approximate surface area is 104 Å². The second-order valence-electron chi connectivity index (χ2n) is 3.21. The number of amides is 1. The van der Waals surface area contributed by atoms with Crippen molar-refractivity contribution in [1.82, 2.24) is 15.1 Å². The average molecular weight is 281 g/mol. The molecule has 1 amide bonds. The quantitative estimate of drug-likeness (QED) is 0.694. The predicted octanol–water partition coefficient (Wildman–Crippen LogP) is -0.390. The summed E-state index contributed by atoms with van der Waals surface area (Å²) in [6, 6.07) is 0. The lowest BCUT2D eigenvalue weighted by Gasteiger charge is -2.02. The van der Waals surface area contributed by atoms with Gasteiger partial charge in [0.1, 0.15) is 6.54 Å². The van der Waals surface area contributed by atoms with Gasteiger partial charge in [-0.15, -0.1) is 11.6 Å². The first kappa shape index (κ1) is 13.8. The molecule has 0 aliphatic heterocycles. The Morgan fingerprint density at radius 2 is 2.29 bits per heavy atom. The smallest absolute Gasteiger partial charge is 0.241 e. The normalized spacial score (nSPS) is 11.2. The number of nitrogens with zero attached hydrogens (tertiary/aromatic N) is 2. The molecule has 0 aliphatic carbocycles. The van der Waals surface area contributed by atoms with E-state index in [2.05, 4.69) is 15.1 Å². The molecule has 0 unspecified atom stereocenters. The summed E-state index contributed by atoms with van der Waals surface area (Å²) in [5.74, 6) is -0.375. The van der Waals surface area contributed by atoms with Crippen LogP contribution in [0, 0.1) is 0 Å². The summed E-state index contributed by atoms with van der Waals surface area (Å²) in [7, 11) is -1.93. The van der Waals surface area contributed by atoms with Crippen LogP contribution in [-0.2, 0) is 21.4 Å². The van der Waals surface area contributed by atoms with Crippen LogP contribution in [0.4, 0.5) is 5.69 Å². The van der Waals surface area contributed by atoms with Crippen molar-refractivity contribution in [2.24, 2.45) is 0 Å². The number of nitrogens with one attached hydrogen (secondary N) is 2. The minimum Gasteiger partial charge on any atom is -0.358 e. The molecule has 0 aliphatic rings. The van der Waals surface area contributed by atoms with Crippen molar-refractivity contribution in [1.29, 1.82) is 0 Å². The molecular weight excluding hydrogens is 268 g/mol. The third kappa shape index (κ3) is 4.61. The van der Waals surface area contributed by atoms with Crippen molar-refractivity contribution in [3.8, 4) is 0 Å². The van der Waals surface area contributed by atoms with Gasteiger partial charge in [0, 0.05) is 19.1 Å². The van der Waals surface area contributed by atoms with E-state index in [1.54, 1.807) is 0 Å². The highest BCUT2D eigenvalue weighted by atomic mass is 35.5. The molecule has 1 aromatic rings. The van der Waals surface area contributed by atoms with E-state index in [-0.39, 0.29) is 24.1 Å². The molecule has 1 rings (SSSR count). The summed E-state index contributed by atoms with van der Waals surface area (Å²) < 4.78 is 26.4. The fraction of sp³-hybridized carbons (Fsp3) is 0.500. The number of likely N-dealkylation sites (N-methyl/N-ethyl adjacent to an activating group) is 1. The molecule has 0 saturated carbocycles. The Morgan fingerprint density at radius 3 is 2.88 bits per heavy atom. The highest BCUT2D eigenvalue weighted by molar-refractivity contribution is 7.92. The Hall–Kier alpha value is -1.28. The number of aromatic nitrogens is 2. The van der Waals surface area contributed by atoms with Crippen LogP contribution in [0.15, 0.2) is 12.4 Å². The summed E-state index contributed by atoms with van der Waals surface area (Å²) in [4.78, 5) is 11.1. The van der Waals surface area contributed by atoms with Gasteiger partial charge in [0.25, 0.3) is 0 Å². The monoisotopic (exact) mass is 280 g/mol. The Kier molecular flexibility index (Phi) is 4.76. The lowest BCUT2D eigenvalue weighted by Crippen LogP contribution is -2.23. The minimum atomic E-state index is -3.44. The van der Waals surface area contributed by atoms with E-state index in [0.717, 1.165) is 0 Å². The van der Waals surface area contributed by atoms with Crippen LogP contribution in [0.2, 0.25) is 0 Å². The molecule has 0 saturated heterocycles. The van der Waals surface area contributed by atoms with E-state index in [1.165, 1.54) is 24.1 Å². The van der Waals surface area contributed by atoms with Crippen LogP contribution in [-0.4, -0.2) is 42.8 Å². The van der Waals surface area contributed by atoms with E-state index in [1.807, 2.05) is 0 Å². The number of anilines is 1. The molecule has 1 aromatic heterocycles. The zero-order valence-electron chi connectivity index (χ0n) is 9.18. The van der Waals surface area contributed by atoms with E-state index >= 15 is 0 Å². The number of rotatable bonds is 6. The first-order valence-electron chi connectivity index (χ1n) is 4.76. The second-order valence-corrected chi connectivity index (χ2v) is 5.43. The number of hydrogen-bond acceptors (Lipinski definition) is 4. The van der Waals surface area contributed by atoms with Gasteiger partial charge in [-0.2, -0.15) is 5.10 Å². The summed E-state index contributed by atoms with van der Waals surface area (Å²) >= 11 is 5.35. The zero-order chi connectivity index (χ0) is 12.9. The van der Waals surface area contributed by atoms with E-state index in [0.29, 0.717) is 5.69 Å². The molecular formula is C8H13ClN4O3S. The van der Waals surface area contributed by atoms with Crippen molar-refractivity contribution in [2.45, 2.75) is 6.54 Å². The molecule has 0 atom stereocenters. The standard InChI is InChI=1S/C8H13ClN4O3S/c1-10-8(14)6-13-5-7(4-11-13)12-17(15,16)3-2-9/h4-5,12H,2-3,6H2,1H3,(H,10,14). The Bertz CT molecular complexity index is 485. The lowest BCUT2D eigenvalue weighted by atomic mass is 10.6. The van der Waals surface area contributed by atoms with Crippen LogP contribution in [0.1, 0.15) is 0 Å². The van der Waals surface area contributed by atoms with Gasteiger partial charge in [0.2, 0.25) is 15.9 Å². The summed E-state index contributed by atoms with van der Waals surface area (Å²) in [5, 5.41) is 6.28. The molecule has 0 bridgehead atoms. The molecule has 1 heterocycles. The molecule has 0 fully saturated rings. The van der Waals surface area contributed by atoms with Crippen molar-refractivity contribution < 1.29 is 13.2 Å². The van der Waals surface area contributed by atoms with Gasteiger partial charge >= 0.3 is 0 Å². The third-order valence-corrected chi connectivity index (χ3v) is 3.54. The van der Waals surface area contributed by atoms with Crippen LogP contribution < -0.4 is 10.0 Å². The molecule has 2 N–H and O–H groups in total. The maximum absolute atomic E-state index is 11.4. The maximum atomic E-state index is 11.4. The number of carbonyl (C=O) groups excluding carboxylic acids is 1. The van der Waals surface area contributed by atoms with E-state index < -0.39 is 10.0 Å². The highest BCUT2D eigenvalue weighted by Crippen LogP contribution is 2.07. The average Bonchev–Trinajstić information content (AvgIpc) is 2.64. The van der Waals surface area contributed by atoms with Crippen molar-refractivity contribution in [3.63, 3.8) is 0 Å². The number of sulfonamides is 1. The first-order chi connectivity index (χ1) is 7.96. The number of halogens is 1. The molecule has 7 nitrogen and oxygen atoms in total. The topological polar surface area (TPSA) is 93.1 Å². The molecule has 0 aromatic carbocycles. The summed E-state index contributed by atoms with van der Waals surface area (Å²) in [5.41, 5.74) is 0.305. The van der Waals surface area contributed by atoms with Crippen LogP contribution in [0.25, 0.3) is 0 Å². The van der Waals surface area contributed by atoms with E-state index in [4.69, 9.17) is 11.6 Å². The fourth-order valence-electron chi connectivity index (χ4n) is 1.06. The van der Waals surface area contributed by atoms with Crippen LogP contribution >= 0.6 is 11.6 Å². The predicted molar refractivity (Wildman–Crippen MR) is 64.4 cm³/mol. The number of alkyl halides is 1. The summed E-state index contributed by atoms with van der Waals surface area (Å²) in [6.07, 6.45) is 2.76. The minimum absolute atomic E-state index is 0.0156. The van der Waals surface area contributed by atoms with Gasteiger partial charge in [-0.25, -0.2) is 8.42 Å². The number of carbonyl (C=O) groups is 1.